The molecule has 0 saturated heterocycles. The van der Waals surface area contributed by atoms with E-state index in [0.29, 0.717) is 5.57 Å². The van der Waals surface area contributed by atoms with Crippen molar-refractivity contribution in [2.45, 2.75) is 20.0 Å². The first-order valence-electron chi connectivity index (χ1n) is 3.71. The Morgan fingerprint density at radius 1 is 1.75 bits per heavy atom. The fourth-order valence-corrected chi connectivity index (χ4v) is 0.562. The van der Waals surface area contributed by atoms with Crippen LogP contribution >= 0.6 is 0 Å². The fraction of sp³-hybridized carbons (Fsp3) is 0.444. The third-order valence-corrected chi connectivity index (χ3v) is 1.15. The van der Waals surface area contributed by atoms with Crippen LogP contribution < -0.4 is 0 Å². The number of esters is 1. The van der Waals surface area contributed by atoms with Crippen LogP contribution in [0.4, 0.5) is 0 Å². The van der Waals surface area contributed by atoms with E-state index in [0.717, 1.165) is 0 Å². The number of carbonyl (C=O) groups is 1. The van der Waals surface area contributed by atoms with Gasteiger partial charge in [-0.25, -0.2) is 4.79 Å². The first-order chi connectivity index (χ1) is 5.57. The van der Waals surface area contributed by atoms with Crippen molar-refractivity contribution in [1.82, 2.24) is 0 Å². The van der Waals surface area contributed by atoms with Gasteiger partial charge in [0, 0.05) is 5.57 Å². The van der Waals surface area contributed by atoms with Crippen molar-refractivity contribution < 1.29 is 14.6 Å². The number of hydrogen-bond donors (Lipinski definition) is 1. The maximum atomic E-state index is 10.8. The van der Waals surface area contributed by atoms with Crippen molar-refractivity contribution in [3.63, 3.8) is 0 Å². The monoisotopic (exact) mass is 170 g/mol. The van der Waals surface area contributed by atoms with Crippen LogP contribution in [0.2, 0.25) is 0 Å². The second kappa shape index (κ2) is 5.55. The number of allylic oxidation sites excluding steroid dienone is 1. The number of hydrogen-bond acceptors (Lipinski definition) is 3. The quantitative estimate of drug-likeness (QED) is 0.389. The average Bonchev–Trinajstić information content (AvgIpc) is 2.00. The predicted molar refractivity (Wildman–Crippen MR) is 46.6 cm³/mol. The molecule has 0 amide bonds. The smallest absolute Gasteiger partial charge is 0.333 e. The van der Waals surface area contributed by atoms with Gasteiger partial charge in [-0.05, 0) is 13.8 Å². The number of carbonyl (C=O) groups excluding carboxylic acids is 1. The minimum atomic E-state index is -0.724. The van der Waals surface area contributed by atoms with Crippen LogP contribution in [-0.2, 0) is 9.53 Å². The summed E-state index contributed by atoms with van der Waals surface area (Å²) in [6.45, 7) is 6.73. The molecule has 68 valence electrons. The second-order valence-electron chi connectivity index (χ2n) is 2.47. The van der Waals surface area contributed by atoms with Gasteiger partial charge in [-0.2, -0.15) is 0 Å². The summed E-state index contributed by atoms with van der Waals surface area (Å²) in [5.41, 5.74) is 0.336. The number of aliphatic hydroxyl groups is 1. The van der Waals surface area contributed by atoms with Crippen LogP contribution in [0.1, 0.15) is 13.8 Å². The molecule has 0 rings (SSSR count). The molecule has 0 aromatic rings. The Morgan fingerprint density at radius 3 is 2.75 bits per heavy atom. The molecule has 1 unspecified atom stereocenters. The average molecular weight is 170 g/mol. The van der Waals surface area contributed by atoms with Gasteiger partial charge < -0.3 is 9.84 Å². The molecule has 3 nitrogen and oxygen atoms in total. The Hall–Kier alpha value is -1.09. The molecule has 3 heteroatoms. The molecule has 0 aliphatic rings. The molecule has 0 aliphatic carbocycles. The maximum Gasteiger partial charge on any atom is 0.333 e. The van der Waals surface area contributed by atoms with E-state index in [1.54, 1.807) is 26.0 Å². The van der Waals surface area contributed by atoms with Gasteiger partial charge in [-0.15, -0.1) is 0 Å². The highest BCUT2D eigenvalue weighted by molar-refractivity contribution is 5.86. The molecule has 0 aromatic heterocycles. The highest BCUT2D eigenvalue weighted by Crippen LogP contribution is 1.94. The Labute approximate surface area is 72.3 Å². The van der Waals surface area contributed by atoms with Gasteiger partial charge in [0.15, 0.2) is 0 Å². The fourth-order valence-electron chi connectivity index (χ4n) is 0.562. The lowest BCUT2D eigenvalue weighted by Gasteiger charge is -2.06. The zero-order valence-corrected chi connectivity index (χ0v) is 7.41. The third kappa shape index (κ3) is 4.68. The van der Waals surface area contributed by atoms with Gasteiger partial charge in [0.05, 0.1) is 0 Å². The maximum absolute atomic E-state index is 10.8. The molecule has 0 radical (unpaired) electrons. The van der Waals surface area contributed by atoms with Crippen molar-refractivity contribution in [1.29, 1.82) is 0 Å². The second-order valence-corrected chi connectivity index (χ2v) is 2.47. The summed E-state index contributed by atoms with van der Waals surface area (Å²) in [5.74, 6) is -0.474. The van der Waals surface area contributed by atoms with Crippen LogP contribution in [0.5, 0.6) is 0 Å². The van der Waals surface area contributed by atoms with Crippen molar-refractivity contribution in [2.75, 3.05) is 6.61 Å². The summed E-state index contributed by atoms with van der Waals surface area (Å²) < 4.78 is 4.68. The largest absolute Gasteiger partial charge is 0.459 e. The van der Waals surface area contributed by atoms with Gasteiger partial charge >= 0.3 is 5.97 Å². The van der Waals surface area contributed by atoms with Crippen molar-refractivity contribution in [2.24, 2.45) is 0 Å². The van der Waals surface area contributed by atoms with Crippen LogP contribution in [0, 0.1) is 0 Å². The van der Waals surface area contributed by atoms with Crippen LogP contribution in [0.15, 0.2) is 24.3 Å². The van der Waals surface area contributed by atoms with Crippen molar-refractivity contribution >= 4 is 5.97 Å². The Bertz CT molecular complexity index is 194. The van der Waals surface area contributed by atoms with Crippen LogP contribution in [0.3, 0.4) is 0 Å². The van der Waals surface area contributed by atoms with Gasteiger partial charge in [-0.3, -0.25) is 0 Å². The molecule has 12 heavy (non-hydrogen) atoms. The molecular weight excluding hydrogens is 156 g/mol. The SMILES string of the molecule is C=C(C)C(=O)OCC(O)C=CC. The van der Waals surface area contributed by atoms with E-state index in [2.05, 4.69) is 11.3 Å². The zero-order valence-electron chi connectivity index (χ0n) is 7.41. The molecule has 1 N–H and O–H groups in total. The molecule has 0 bridgehead atoms. The minimum absolute atomic E-state index is 0.0178. The molecule has 0 aliphatic heterocycles. The van der Waals surface area contributed by atoms with E-state index in [9.17, 15) is 4.79 Å². The standard InChI is InChI=1S/C9H14O3/c1-4-5-8(10)6-12-9(11)7(2)3/h4-5,8,10H,2,6H2,1,3H3. The summed E-state index contributed by atoms with van der Waals surface area (Å²) in [6.07, 6.45) is 2.52. The molecule has 0 aromatic carbocycles. The number of ether oxygens (including phenoxy) is 1. The predicted octanol–water partition coefficient (Wildman–Crippen LogP) is 1.04. The normalized spacial score (nSPS) is 12.9. The van der Waals surface area contributed by atoms with Crippen molar-refractivity contribution in [3.8, 4) is 0 Å². The number of aliphatic hydroxyl groups excluding tert-OH is 1. The lowest BCUT2D eigenvalue weighted by Crippen LogP contribution is -2.16. The molecule has 0 fully saturated rings. The van der Waals surface area contributed by atoms with E-state index in [4.69, 9.17) is 5.11 Å². The van der Waals surface area contributed by atoms with Gasteiger partial charge in [0.25, 0.3) is 0 Å². The van der Waals surface area contributed by atoms with E-state index in [-0.39, 0.29) is 6.61 Å². The van der Waals surface area contributed by atoms with E-state index in [1.165, 1.54) is 0 Å². The first-order valence-corrected chi connectivity index (χ1v) is 3.71. The Morgan fingerprint density at radius 2 is 2.33 bits per heavy atom. The molecule has 1 atom stereocenters. The molecular formula is C9H14O3. The lowest BCUT2D eigenvalue weighted by atomic mass is 10.3. The van der Waals surface area contributed by atoms with Crippen LogP contribution in [-0.4, -0.2) is 23.8 Å². The van der Waals surface area contributed by atoms with E-state index < -0.39 is 12.1 Å². The lowest BCUT2D eigenvalue weighted by molar-refractivity contribution is -0.141. The number of rotatable bonds is 4. The van der Waals surface area contributed by atoms with E-state index in [1.807, 2.05) is 0 Å². The van der Waals surface area contributed by atoms with Gasteiger partial charge in [-0.1, -0.05) is 18.7 Å². The summed E-state index contributed by atoms with van der Waals surface area (Å²) in [6, 6.07) is 0. The summed E-state index contributed by atoms with van der Waals surface area (Å²) in [4.78, 5) is 10.8. The zero-order chi connectivity index (χ0) is 9.56. The highest BCUT2D eigenvalue weighted by Gasteiger charge is 2.05. The van der Waals surface area contributed by atoms with Crippen LogP contribution in [0.25, 0.3) is 0 Å². The highest BCUT2D eigenvalue weighted by atomic mass is 16.5. The first kappa shape index (κ1) is 10.9. The minimum Gasteiger partial charge on any atom is -0.459 e. The summed E-state index contributed by atoms with van der Waals surface area (Å²) in [5, 5.41) is 9.09. The van der Waals surface area contributed by atoms with E-state index >= 15 is 0 Å². The van der Waals surface area contributed by atoms with Gasteiger partial charge in [0.2, 0.25) is 0 Å². The third-order valence-electron chi connectivity index (χ3n) is 1.15. The Kier molecular flexibility index (Phi) is 5.04. The van der Waals surface area contributed by atoms with Gasteiger partial charge in [0.1, 0.15) is 12.7 Å². The molecule has 0 heterocycles. The topological polar surface area (TPSA) is 46.5 Å². The molecule has 0 spiro atoms. The Balaban J connectivity index is 3.68. The summed E-state index contributed by atoms with van der Waals surface area (Å²) in [7, 11) is 0. The summed E-state index contributed by atoms with van der Waals surface area (Å²) >= 11 is 0. The van der Waals surface area contributed by atoms with Crippen molar-refractivity contribution in [3.05, 3.63) is 24.3 Å². The molecule has 0 saturated carbocycles.